The Morgan fingerprint density at radius 2 is 1.93 bits per heavy atom. The van der Waals surface area contributed by atoms with Crippen LogP contribution in [0.25, 0.3) is 0 Å². The lowest BCUT2D eigenvalue weighted by Gasteiger charge is -2.18. The highest BCUT2D eigenvalue weighted by atomic mass is 32.2. The van der Waals surface area contributed by atoms with Crippen LogP contribution in [0.4, 0.5) is 11.4 Å². The standard InChI is InChI=1S/C20H21N3O3S/c1-13-3-6-15(7-4-13)21-19(25)12-23(2)20(26)14-5-8-17-16(11-14)22-18(24)9-10-27-17/h3-8,11H,9-10,12H2,1-2H3,(H,21,25)(H,22,24). The Bertz CT molecular complexity index is 881. The van der Waals surface area contributed by atoms with Crippen molar-refractivity contribution in [2.45, 2.75) is 18.2 Å². The molecule has 0 aliphatic carbocycles. The molecule has 1 aliphatic heterocycles. The third kappa shape index (κ3) is 4.89. The van der Waals surface area contributed by atoms with Gasteiger partial charge in [-0.15, -0.1) is 11.8 Å². The molecule has 140 valence electrons. The van der Waals surface area contributed by atoms with Gasteiger partial charge in [-0.25, -0.2) is 0 Å². The van der Waals surface area contributed by atoms with Crippen LogP contribution >= 0.6 is 11.8 Å². The Hall–Kier alpha value is -2.80. The summed E-state index contributed by atoms with van der Waals surface area (Å²) in [5, 5.41) is 5.60. The Morgan fingerprint density at radius 1 is 1.19 bits per heavy atom. The van der Waals surface area contributed by atoms with E-state index >= 15 is 0 Å². The largest absolute Gasteiger partial charge is 0.332 e. The van der Waals surface area contributed by atoms with Crippen molar-refractivity contribution in [1.29, 1.82) is 0 Å². The predicted molar refractivity (Wildman–Crippen MR) is 107 cm³/mol. The molecule has 0 bridgehead atoms. The SMILES string of the molecule is Cc1ccc(NC(=O)CN(C)C(=O)c2ccc3c(c2)NC(=O)CCS3)cc1. The number of carbonyl (C=O) groups is 3. The fourth-order valence-electron chi connectivity index (χ4n) is 2.70. The third-order valence-electron chi connectivity index (χ3n) is 4.15. The van der Waals surface area contributed by atoms with E-state index in [9.17, 15) is 14.4 Å². The van der Waals surface area contributed by atoms with Gasteiger partial charge in [-0.3, -0.25) is 14.4 Å². The van der Waals surface area contributed by atoms with Gasteiger partial charge in [-0.2, -0.15) is 0 Å². The van der Waals surface area contributed by atoms with Crippen LogP contribution in [0.1, 0.15) is 22.3 Å². The maximum Gasteiger partial charge on any atom is 0.254 e. The lowest BCUT2D eigenvalue weighted by atomic mass is 10.1. The summed E-state index contributed by atoms with van der Waals surface area (Å²) in [5.41, 5.74) is 2.87. The van der Waals surface area contributed by atoms with Crippen molar-refractivity contribution in [2.24, 2.45) is 0 Å². The molecule has 27 heavy (non-hydrogen) atoms. The van der Waals surface area contributed by atoms with Crippen LogP contribution in [0.5, 0.6) is 0 Å². The molecule has 7 heteroatoms. The summed E-state index contributed by atoms with van der Waals surface area (Å²) in [5.74, 6) is 0.107. The summed E-state index contributed by atoms with van der Waals surface area (Å²) < 4.78 is 0. The van der Waals surface area contributed by atoms with Gasteiger partial charge in [-0.1, -0.05) is 17.7 Å². The highest BCUT2D eigenvalue weighted by Crippen LogP contribution is 2.31. The third-order valence-corrected chi connectivity index (χ3v) is 5.23. The summed E-state index contributed by atoms with van der Waals surface area (Å²) in [7, 11) is 1.58. The topological polar surface area (TPSA) is 78.5 Å². The summed E-state index contributed by atoms with van der Waals surface area (Å²) in [6.45, 7) is 1.91. The molecule has 1 heterocycles. The van der Waals surface area contributed by atoms with E-state index in [1.54, 1.807) is 30.9 Å². The van der Waals surface area contributed by atoms with Crippen molar-refractivity contribution in [2.75, 3.05) is 30.0 Å². The van der Waals surface area contributed by atoms with E-state index in [-0.39, 0.29) is 24.3 Å². The minimum absolute atomic E-state index is 0.0586. The summed E-state index contributed by atoms with van der Waals surface area (Å²) in [4.78, 5) is 38.9. The number of aryl methyl sites for hydroxylation is 1. The number of benzene rings is 2. The number of likely N-dealkylation sites (N-methyl/N-ethyl adjacent to an activating group) is 1. The molecule has 0 fully saturated rings. The van der Waals surface area contributed by atoms with E-state index in [0.717, 1.165) is 10.5 Å². The number of hydrogen-bond acceptors (Lipinski definition) is 4. The lowest BCUT2D eigenvalue weighted by Crippen LogP contribution is -2.35. The average Bonchev–Trinajstić information content (AvgIpc) is 2.82. The molecule has 0 atom stereocenters. The lowest BCUT2D eigenvalue weighted by molar-refractivity contribution is -0.117. The molecule has 3 amide bonds. The number of nitrogens with zero attached hydrogens (tertiary/aromatic N) is 1. The van der Waals surface area contributed by atoms with Gasteiger partial charge >= 0.3 is 0 Å². The van der Waals surface area contributed by atoms with E-state index in [4.69, 9.17) is 0 Å². The zero-order chi connectivity index (χ0) is 19.4. The molecule has 2 aromatic rings. The highest BCUT2D eigenvalue weighted by Gasteiger charge is 2.19. The second-order valence-electron chi connectivity index (χ2n) is 6.43. The molecule has 2 N–H and O–H groups in total. The molecule has 0 spiro atoms. The average molecular weight is 383 g/mol. The second-order valence-corrected chi connectivity index (χ2v) is 7.57. The molecule has 0 saturated heterocycles. The van der Waals surface area contributed by atoms with Gasteiger partial charge in [0.05, 0.1) is 12.2 Å². The van der Waals surface area contributed by atoms with Crippen molar-refractivity contribution in [3.63, 3.8) is 0 Å². The van der Waals surface area contributed by atoms with Crippen LogP contribution in [0.2, 0.25) is 0 Å². The summed E-state index contributed by atoms with van der Waals surface area (Å²) in [6.07, 6.45) is 0.446. The summed E-state index contributed by atoms with van der Waals surface area (Å²) in [6, 6.07) is 12.7. The Balaban J connectivity index is 1.65. The van der Waals surface area contributed by atoms with Crippen LogP contribution in [-0.2, 0) is 9.59 Å². The van der Waals surface area contributed by atoms with Crippen molar-refractivity contribution in [1.82, 2.24) is 4.90 Å². The number of amides is 3. The van der Waals surface area contributed by atoms with Crippen molar-refractivity contribution in [3.8, 4) is 0 Å². The van der Waals surface area contributed by atoms with Gasteiger partial charge in [0.25, 0.3) is 5.91 Å². The first-order chi connectivity index (χ1) is 12.9. The van der Waals surface area contributed by atoms with Gasteiger partial charge in [0.1, 0.15) is 0 Å². The normalized spacial score (nSPS) is 13.2. The number of anilines is 2. The molecule has 3 rings (SSSR count). The van der Waals surface area contributed by atoms with Gasteiger partial charge in [-0.05, 0) is 37.3 Å². The molecule has 0 aromatic heterocycles. The van der Waals surface area contributed by atoms with E-state index < -0.39 is 0 Å². The van der Waals surface area contributed by atoms with Gasteiger partial charge in [0.2, 0.25) is 11.8 Å². The minimum Gasteiger partial charge on any atom is -0.332 e. The minimum atomic E-state index is -0.277. The zero-order valence-electron chi connectivity index (χ0n) is 15.2. The quantitative estimate of drug-likeness (QED) is 0.850. The molecular weight excluding hydrogens is 362 g/mol. The van der Waals surface area contributed by atoms with Crippen LogP contribution in [0.3, 0.4) is 0 Å². The van der Waals surface area contributed by atoms with Crippen LogP contribution < -0.4 is 10.6 Å². The number of hydrogen-bond donors (Lipinski definition) is 2. The predicted octanol–water partition coefficient (Wildman–Crippen LogP) is 3.14. The maximum atomic E-state index is 12.7. The van der Waals surface area contributed by atoms with Gasteiger partial charge in [0, 0.05) is 35.4 Å². The first kappa shape index (κ1) is 19.0. The maximum absolute atomic E-state index is 12.7. The van der Waals surface area contributed by atoms with Gasteiger partial charge < -0.3 is 15.5 Å². The number of fused-ring (bicyclic) bond motifs is 1. The Morgan fingerprint density at radius 3 is 2.67 bits per heavy atom. The number of rotatable bonds is 4. The molecular formula is C20H21N3O3S. The fourth-order valence-corrected chi connectivity index (χ4v) is 3.64. The monoisotopic (exact) mass is 383 g/mol. The molecule has 0 unspecified atom stereocenters. The van der Waals surface area contributed by atoms with E-state index in [1.807, 2.05) is 37.3 Å². The number of nitrogens with one attached hydrogen (secondary N) is 2. The Labute approximate surface area is 162 Å². The number of thioether (sulfide) groups is 1. The van der Waals surface area contributed by atoms with Crippen LogP contribution in [0, 0.1) is 6.92 Å². The van der Waals surface area contributed by atoms with Crippen LogP contribution in [0.15, 0.2) is 47.4 Å². The van der Waals surface area contributed by atoms with Crippen molar-refractivity contribution >= 4 is 40.9 Å². The zero-order valence-corrected chi connectivity index (χ0v) is 16.1. The second kappa shape index (κ2) is 8.26. The smallest absolute Gasteiger partial charge is 0.254 e. The van der Waals surface area contributed by atoms with Crippen molar-refractivity contribution < 1.29 is 14.4 Å². The molecule has 0 saturated carbocycles. The first-order valence-electron chi connectivity index (χ1n) is 8.61. The molecule has 0 radical (unpaired) electrons. The Kier molecular flexibility index (Phi) is 5.81. The molecule has 2 aromatic carbocycles. The van der Waals surface area contributed by atoms with E-state index in [1.165, 1.54) is 4.90 Å². The number of carbonyl (C=O) groups excluding carboxylic acids is 3. The molecule has 1 aliphatic rings. The highest BCUT2D eigenvalue weighted by molar-refractivity contribution is 7.99. The fraction of sp³-hybridized carbons (Fsp3) is 0.250. The first-order valence-corrected chi connectivity index (χ1v) is 9.59. The van der Waals surface area contributed by atoms with E-state index in [2.05, 4.69) is 10.6 Å². The van der Waals surface area contributed by atoms with E-state index in [0.29, 0.717) is 29.1 Å². The van der Waals surface area contributed by atoms with Crippen molar-refractivity contribution in [3.05, 3.63) is 53.6 Å². The van der Waals surface area contributed by atoms with Gasteiger partial charge in [0.15, 0.2) is 0 Å². The summed E-state index contributed by atoms with van der Waals surface area (Å²) >= 11 is 1.58. The molecule has 6 nitrogen and oxygen atoms in total. The van der Waals surface area contributed by atoms with Crippen LogP contribution in [-0.4, -0.2) is 42.0 Å².